The molecule has 0 radical (unpaired) electrons. The largest absolute Gasteiger partial charge is 0.545 e. The second kappa shape index (κ2) is 12.9. The molecule has 0 saturated carbocycles. The Kier molecular flexibility index (Phi) is 9.66. The number of pyridine rings is 1. The molecule has 0 N–H and O–H groups in total. The summed E-state index contributed by atoms with van der Waals surface area (Å²) in [5.74, 6) is 0.708. The first-order valence-corrected chi connectivity index (χ1v) is 11.9. The molecule has 7 heteroatoms. The maximum atomic E-state index is 10.9. The van der Waals surface area contributed by atoms with E-state index in [1.54, 1.807) is 18.9 Å². The Hall–Kier alpha value is -2.96. The van der Waals surface area contributed by atoms with Crippen molar-refractivity contribution in [3.63, 3.8) is 0 Å². The third-order valence-corrected chi connectivity index (χ3v) is 6.36. The van der Waals surface area contributed by atoms with Gasteiger partial charge in [-0.1, -0.05) is 35.9 Å². The maximum Gasteiger partial charge on any atom is 0.144 e. The summed E-state index contributed by atoms with van der Waals surface area (Å²) in [6.07, 6.45) is 5.15. The standard InChI is InChI=1S/C26H26ClNO4S/c1-31-21-12-9-19(10-13-21)6-4-5-17-32-24-15-11-20(28-23(24)14-16-26(29)30)18-33-25-8-3-2-7-22(25)27/h2-3,7-16H,4-6,17-18H2,1H3,(H,29,30)/p-1/b16-14+. The lowest BCUT2D eigenvalue weighted by atomic mass is 10.1. The molecule has 0 unspecified atom stereocenters. The molecule has 0 fully saturated rings. The number of rotatable bonds is 12. The first-order chi connectivity index (χ1) is 16.0. The summed E-state index contributed by atoms with van der Waals surface area (Å²) < 4.78 is 11.1. The van der Waals surface area contributed by atoms with Crippen LogP contribution < -0.4 is 14.6 Å². The summed E-state index contributed by atoms with van der Waals surface area (Å²) in [5.41, 5.74) is 2.51. The van der Waals surface area contributed by atoms with Crippen LogP contribution in [0.5, 0.6) is 11.5 Å². The molecule has 3 rings (SSSR count). The normalized spacial score (nSPS) is 11.0. The number of aromatic nitrogens is 1. The number of nitrogens with zero attached hydrogens (tertiary/aromatic N) is 1. The number of carbonyl (C=O) groups is 1. The van der Waals surface area contributed by atoms with E-state index >= 15 is 0 Å². The number of methoxy groups -OCH3 is 1. The number of thioether (sulfide) groups is 1. The van der Waals surface area contributed by atoms with Crippen molar-refractivity contribution < 1.29 is 19.4 Å². The highest BCUT2D eigenvalue weighted by atomic mass is 35.5. The van der Waals surface area contributed by atoms with Gasteiger partial charge < -0.3 is 19.4 Å². The van der Waals surface area contributed by atoms with Crippen LogP contribution in [0.4, 0.5) is 0 Å². The van der Waals surface area contributed by atoms with Crippen LogP contribution in [0.25, 0.3) is 6.08 Å². The van der Waals surface area contributed by atoms with E-state index in [0.29, 0.717) is 28.8 Å². The molecule has 0 aliphatic rings. The molecule has 33 heavy (non-hydrogen) atoms. The van der Waals surface area contributed by atoms with Crippen molar-refractivity contribution in [2.24, 2.45) is 0 Å². The van der Waals surface area contributed by atoms with E-state index in [0.717, 1.165) is 41.7 Å². The van der Waals surface area contributed by atoms with Crippen molar-refractivity contribution >= 4 is 35.4 Å². The van der Waals surface area contributed by atoms with Gasteiger partial charge in [-0.3, -0.25) is 0 Å². The van der Waals surface area contributed by atoms with Crippen LogP contribution in [0.3, 0.4) is 0 Å². The molecule has 3 aromatic rings. The minimum absolute atomic E-state index is 0.464. The lowest BCUT2D eigenvalue weighted by molar-refractivity contribution is -0.297. The molecular weight excluding hydrogens is 458 g/mol. The Balaban J connectivity index is 1.56. The van der Waals surface area contributed by atoms with Crippen molar-refractivity contribution in [1.29, 1.82) is 0 Å². The fraction of sp³-hybridized carbons (Fsp3) is 0.231. The SMILES string of the molecule is COc1ccc(CCCCOc2ccc(CSc3ccccc3Cl)nc2/C=C/C(=O)[O-])cc1. The van der Waals surface area contributed by atoms with Crippen LogP contribution in [-0.4, -0.2) is 24.7 Å². The number of hydrogen-bond acceptors (Lipinski definition) is 6. The van der Waals surface area contributed by atoms with Gasteiger partial charge in [-0.15, -0.1) is 11.8 Å². The minimum Gasteiger partial charge on any atom is -0.545 e. The zero-order valence-corrected chi connectivity index (χ0v) is 19.9. The highest BCUT2D eigenvalue weighted by molar-refractivity contribution is 7.98. The van der Waals surface area contributed by atoms with Gasteiger partial charge in [0, 0.05) is 10.6 Å². The molecule has 0 amide bonds. The molecule has 172 valence electrons. The Morgan fingerprint density at radius 1 is 1.09 bits per heavy atom. The Morgan fingerprint density at radius 3 is 2.61 bits per heavy atom. The predicted octanol–water partition coefficient (Wildman–Crippen LogP) is 5.20. The summed E-state index contributed by atoms with van der Waals surface area (Å²) in [4.78, 5) is 16.4. The summed E-state index contributed by atoms with van der Waals surface area (Å²) in [7, 11) is 1.65. The first kappa shape index (κ1) is 24.7. The van der Waals surface area contributed by atoms with Crippen LogP contribution in [-0.2, 0) is 17.0 Å². The molecule has 0 aliphatic carbocycles. The number of hydrogen-bond donors (Lipinski definition) is 0. The number of aliphatic carboxylic acids is 1. The number of carboxylic acid groups (broad SMARTS) is 1. The number of ether oxygens (including phenoxy) is 2. The number of carboxylic acids is 1. The van der Waals surface area contributed by atoms with Gasteiger partial charge in [0.1, 0.15) is 17.2 Å². The second-order valence-corrected chi connectivity index (χ2v) is 8.64. The van der Waals surface area contributed by atoms with Crippen LogP contribution in [0.2, 0.25) is 5.02 Å². The highest BCUT2D eigenvalue weighted by Crippen LogP contribution is 2.30. The number of carbonyl (C=O) groups excluding carboxylic acids is 1. The van der Waals surface area contributed by atoms with E-state index in [4.69, 9.17) is 21.1 Å². The highest BCUT2D eigenvalue weighted by Gasteiger charge is 2.07. The quantitative estimate of drug-likeness (QED) is 0.201. The zero-order chi connectivity index (χ0) is 23.5. The van der Waals surface area contributed by atoms with Gasteiger partial charge in [-0.2, -0.15) is 0 Å². The summed E-state index contributed by atoms with van der Waals surface area (Å²) in [5, 5.41) is 11.6. The van der Waals surface area contributed by atoms with E-state index in [1.165, 1.54) is 11.6 Å². The van der Waals surface area contributed by atoms with Gasteiger partial charge in [-0.05, 0) is 73.4 Å². The maximum absolute atomic E-state index is 10.9. The van der Waals surface area contributed by atoms with Crippen molar-refractivity contribution in [2.45, 2.75) is 29.9 Å². The number of aryl methyl sites for hydroxylation is 1. The van der Waals surface area contributed by atoms with Crippen LogP contribution in [0.1, 0.15) is 29.8 Å². The number of halogens is 1. The van der Waals surface area contributed by atoms with Crippen LogP contribution >= 0.6 is 23.4 Å². The molecule has 5 nitrogen and oxygen atoms in total. The lowest BCUT2D eigenvalue weighted by Crippen LogP contribution is -2.18. The van der Waals surface area contributed by atoms with Gasteiger partial charge in [0.2, 0.25) is 0 Å². The summed E-state index contributed by atoms with van der Waals surface area (Å²) in [6.45, 7) is 0.512. The Morgan fingerprint density at radius 2 is 1.88 bits per heavy atom. The predicted molar refractivity (Wildman–Crippen MR) is 131 cm³/mol. The minimum atomic E-state index is -1.28. The average Bonchev–Trinajstić information content (AvgIpc) is 2.83. The topological polar surface area (TPSA) is 71.5 Å². The molecular formula is C26H25ClNO4S-. The molecule has 0 atom stereocenters. The lowest BCUT2D eigenvalue weighted by Gasteiger charge is -2.11. The van der Waals surface area contributed by atoms with Crippen molar-refractivity contribution in [3.05, 3.63) is 88.7 Å². The van der Waals surface area contributed by atoms with Crippen molar-refractivity contribution in [1.82, 2.24) is 4.98 Å². The monoisotopic (exact) mass is 482 g/mol. The molecule has 0 spiro atoms. The van der Waals surface area contributed by atoms with Gasteiger partial charge in [-0.25, -0.2) is 4.98 Å². The van der Waals surface area contributed by atoms with E-state index < -0.39 is 5.97 Å². The van der Waals surface area contributed by atoms with Crippen LogP contribution in [0.15, 0.2) is 71.6 Å². The van der Waals surface area contributed by atoms with Crippen molar-refractivity contribution in [2.75, 3.05) is 13.7 Å². The van der Waals surface area contributed by atoms with E-state index in [2.05, 4.69) is 17.1 Å². The number of unbranched alkanes of at least 4 members (excludes halogenated alkanes) is 1. The second-order valence-electron chi connectivity index (χ2n) is 7.21. The van der Waals surface area contributed by atoms with Crippen LogP contribution in [0, 0.1) is 0 Å². The molecule has 0 aliphatic heterocycles. The van der Waals surface area contributed by atoms with E-state index in [9.17, 15) is 9.90 Å². The summed E-state index contributed by atoms with van der Waals surface area (Å²) >= 11 is 7.78. The van der Waals surface area contributed by atoms with Crippen molar-refractivity contribution in [3.8, 4) is 11.5 Å². The average molecular weight is 483 g/mol. The molecule has 1 heterocycles. The Bertz CT molecular complexity index is 1090. The molecule has 1 aromatic heterocycles. The third-order valence-electron chi connectivity index (χ3n) is 4.81. The number of benzene rings is 2. The fourth-order valence-corrected chi connectivity index (χ4v) is 4.24. The molecule has 0 bridgehead atoms. The first-order valence-electron chi connectivity index (χ1n) is 10.6. The molecule has 2 aromatic carbocycles. The third kappa shape index (κ3) is 8.15. The smallest absolute Gasteiger partial charge is 0.144 e. The van der Waals surface area contributed by atoms with E-state index in [-0.39, 0.29) is 0 Å². The summed E-state index contributed by atoms with van der Waals surface area (Å²) in [6, 6.07) is 19.4. The van der Waals surface area contributed by atoms with Gasteiger partial charge in [0.05, 0.1) is 30.4 Å². The van der Waals surface area contributed by atoms with Gasteiger partial charge in [0.25, 0.3) is 0 Å². The van der Waals surface area contributed by atoms with Gasteiger partial charge >= 0.3 is 0 Å². The molecule has 0 saturated heterocycles. The van der Waals surface area contributed by atoms with Gasteiger partial charge in [0.15, 0.2) is 0 Å². The fourth-order valence-electron chi connectivity index (χ4n) is 3.09. The zero-order valence-electron chi connectivity index (χ0n) is 18.3. The van der Waals surface area contributed by atoms with E-state index in [1.807, 2.05) is 48.5 Å². The Labute approximate surface area is 203 Å².